The van der Waals surface area contributed by atoms with Gasteiger partial charge >= 0.3 is 0 Å². The van der Waals surface area contributed by atoms with Gasteiger partial charge in [-0.15, -0.1) is 0 Å². The van der Waals surface area contributed by atoms with E-state index < -0.39 is 10.0 Å². The van der Waals surface area contributed by atoms with E-state index >= 15 is 0 Å². The number of hydrogen-bond donors (Lipinski definition) is 1. The first-order chi connectivity index (χ1) is 10.6. The van der Waals surface area contributed by atoms with Crippen LogP contribution >= 0.6 is 0 Å². The Kier molecular flexibility index (Phi) is 6.48. The summed E-state index contributed by atoms with van der Waals surface area (Å²) in [6.07, 6.45) is 2.38. The molecule has 0 atom stereocenters. The van der Waals surface area contributed by atoms with E-state index in [1.807, 2.05) is 18.2 Å². The summed E-state index contributed by atoms with van der Waals surface area (Å²) < 4.78 is 36.7. The van der Waals surface area contributed by atoms with Crippen molar-refractivity contribution in [1.82, 2.24) is 0 Å². The lowest BCUT2D eigenvalue weighted by molar-refractivity contribution is 0.0785. The summed E-state index contributed by atoms with van der Waals surface area (Å²) in [7, 11) is -1.82. The van der Waals surface area contributed by atoms with Crippen molar-refractivity contribution in [3.05, 3.63) is 24.3 Å². The Balaban J connectivity index is 1.87. The normalized spacial score (nSPS) is 15.2. The number of benzene rings is 1. The minimum absolute atomic E-state index is 0.0648. The second-order valence-electron chi connectivity index (χ2n) is 5.27. The van der Waals surface area contributed by atoms with Crippen molar-refractivity contribution in [3.63, 3.8) is 0 Å². The lowest BCUT2D eigenvalue weighted by atomic mass is 10.2. The van der Waals surface area contributed by atoms with Crippen molar-refractivity contribution in [1.29, 1.82) is 0 Å². The van der Waals surface area contributed by atoms with Crippen LogP contribution in [0.15, 0.2) is 24.3 Å². The van der Waals surface area contributed by atoms with Crippen LogP contribution in [0.1, 0.15) is 12.8 Å². The fourth-order valence-electron chi connectivity index (χ4n) is 2.38. The van der Waals surface area contributed by atoms with Crippen LogP contribution in [-0.2, 0) is 19.5 Å². The van der Waals surface area contributed by atoms with Crippen LogP contribution in [0.3, 0.4) is 0 Å². The molecule has 22 heavy (non-hydrogen) atoms. The standard InChI is InChI=1S/C15H24N2O4S/c1-20-9-10-21-11-12-22(18,19)16-14-5-4-6-15(13-14)17-7-2-3-8-17/h4-6,13,16H,2-3,7-12H2,1H3. The average Bonchev–Trinajstić information content (AvgIpc) is 3.01. The van der Waals surface area contributed by atoms with Gasteiger partial charge in [-0.2, -0.15) is 0 Å². The second-order valence-corrected chi connectivity index (χ2v) is 7.11. The Morgan fingerprint density at radius 1 is 1.18 bits per heavy atom. The number of rotatable bonds is 9. The zero-order valence-corrected chi connectivity index (χ0v) is 13.8. The molecule has 0 radical (unpaired) electrons. The van der Waals surface area contributed by atoms with E-state index in [1.165, 1.54) is 12.8 Å². The molecule has 0 amide bonds. The molecule has 1 aliphatic heterocycles. The number of nitrogens with one attached hydrogen (secondary N) is 1. The lowest BCUT2D eigenvalue weighted by Crippen LogP contribution is -2.21. The number of nitrogens with zero attached hydrogens (tertiary/aromatic N) is 1. The molecule has 1 aromatic carbocycles. The highest BCUT2D eigenvalue weighted by Gasteiger charge is 2.14. The first kappa shape index (κ1) is 17.1. The van der Waals surface area contributed by atoms with Crippen molar-refractivity contribution in [2.75, 3.05) is 55.4 Å². The summed E-state index contributed by atoms with van der Waals surface area (Å²) in [5.74, 6) is -0.0648. The average molecular weight is 328 g/mol. The Morgan fingerprint density at radius 2 is 1.95 bits per heavy atom. The van der Waals surface area contributed by atoms with E-state index in [0.717, 1.165) is 18.8 Å². The van der Waals surface area contributed by atoms with Crippen LogP contribution in [-0.4, -0.2) is 54.2 Å². The van der Waals surface area contributed by atoms with Gasteiger partial charge < -0.3 is 14.4 Å². The fraction of sp³-hybridized carbons (Fsp3) is 0.600. The molecule has 0 aliphatic carbocycles. The summed E-state index contributed by atoms with van der Waals surface area (Å²) in [4.78, 5) is 2.27. The molecule has 2 rings (SSSR count). The van der Waals surface area contributed by atoms with Gasteiger partial charge in [0, 0.05) is 25.9 Å². The Labute approximate surface area is 132 Å². The largest absolute Gasteiger partial charge is 0.382 e. The van der Waals surface area contributed by atoms with Gasteiger partial charge in [0.25, 0.3) is 0 Å². The first-order valence-electron chi connectivity index (χ1n) is 7.53. The van der Waals surface area contributed by atoms with E-state index in [-0.39, 0.29) is 12.4 Å². The lowest BCUT2D eigenvalue weighted by Gasteiger charge is -2.18. The van der Waals surface area contributed by atoms with Crippen LogP contribution in [0.2, 0.25) is 0 Å². The predicted octanol–water partition coefficient (Wildman–Crippen LogP) is 1.69. The molecular formula is C15H24N2O4S. The van der Waals surface area contributed by atoms with Crippen molar-refractivity contribution in [2.45, 2.75) is 12.8 Å². The van der Waals surface area contributed by atoms with Crippen molar-refractivity contribution in [2.24, 2.45) is 0 Å². The van der Waals surface area contributed by atoms with Crippen LogP contribution in [0.25, 0.3) is 0 Å². The van der Waals surface area contributed by atoms with Crippen molar-refractivity contribution in [3.8, 4) is 0 Å². The minimum Gasteiger partial charge on any atom is -0.382 e. The van der Waals surface area contributed by atoms with Crippen LogP contribution in [0.4, 0.5) is 11.4 Å². The van der Waals surface area contributed by atoms with Crippen molar-refractivity contribution < 1.29 is 17.9 Å². The Morgan fingerprint density at radius 3 is 2.68 bits per heavy atom. The molecule has 6 nitrogen and oxygen atoms in total. The van der Waals surface area contributed by atoms with Gasteiger partial charge in [0.2, 0.25) is 10.0 Å². The molecule has 7 heteroatoms. The number of methoxy groups -OCH3 is 1. The van der Waals surface area contributed by atoms with Gasteiger partial charge in [0.1, 0.15) is 0 Å². The van der Waals surface area contributed by atoms with E-state index in [9.17, 15) is 8.42 Å². The molecule has 0 aromatic heterocycles. The molecule has 1 fully saturated rings. The van der Waals surface area contributed by atoms with Gasteiger partial charge in [0.15, 0.2) is 0 Å². The minimum atomic E-state index is -3.40. The van der Waals surface area contributed by atoms with Crippen molar-refractivity contribution >= 4 is 21.4 Å². The number of anilines is 2. The fourth-order valence-corrected chi connectivity index (χ4v) is 3.31. The molecule has 0 saturated carbocycles. The topological polar surface area (TPSA) is 67.9 Å². The molecular weight excluding hydrogens is 304 g/mol. The maximum absolute atomic E-state index is 12.0. The maximum Gasteiger partial charge on any atom is 0.235 e. The molecule has 124 valence electrons. The van der Waals surface area contributed by atoms with E-state index in [2.05, 4.69) is 9.62 Å². The van der Waals surface area contributed by atoms with Crippen LogP contribution < -0.4 is 9.62 Å². The van der Waals surface area contributed by atoms with Gasteiger partial charge in [-0.1, -0.05) is 6.07 Å². The second kappa shape index (κ2) is 8.36. The third kappa shape index (κ3) is 5.47. The first-order valence-corrected chi connectivity index (χ1v) is 9.18. The van der Waals surface area contributed by atoms with Gasteiger partial charge in [-0.05, 0) is 31.0 Å². The Hall–Kier alpha value is -1.31. The smallest absolute Gasteiger partial charge is 0.235 e. The third-order valence-electron chi connectivity index (χ3n) is 3.52. The summed E-state index contributed by atoms with van der Waals surface area (Å²) >= 11 is 0. The highest BCUT2D eigenvalue weighted by Crippen LogP contribution is 2.23. The summed E-state index contributed by atoms with van der Waals surface area (Å²) in [5, 5.41) is 0. The third-order valence-corrected chi connectivity index (χ3v) is 4.77. The van der Waals surface area contributed by atoms with Crippen LogP contribution in [0.5, 0.6) is 0 Å². The van der Waals surface area contributed by atoms with Gasteiger partial charge in [-0.25, -0.2) is 8.42 Å². The van der Waals surface area contributed by atoms with Gasteiger partial charge in [-0.3, -0.25) is 4.72 Å². The number of sulfonamides is 1. The maximum atomic E-state index is 12.0. The molecule has 1 saturated heterocycles. The highest BCUT2D eigenvalue weighted by molar-refractivity contribution is 7.92. The molecule has 1 heterocycles. The zero-order chi connectivity index (χ0) is 15.8. The quantitative estimate of drug-likeness (QED) is 0.699. The summed E-state index contributed by atoms with van der Waals surface area (Å²) in [5.41, 5.74) is 1.66. The van der Waals surface area contributed by atoms with E-state index in [0.29, 0.717) is 18.9 Å². The molecule has 1 aliphatic rings. The molecule has 0 spiro atoms. The Bertz CT molecular complexity index is 556. The molecule has 1 aromatic rings. The summed E-state index contributed by atoms with van der Waals surface area (Å²) in [6, 6.07) is 7.54. The van der Waals surface area contributed by atoms with Gasteiger partial charge in [0.05, 0.1) is 31.3 Å². The van der Waals surface area contributed by atoms with E-state index in [4.69, 9.17) is 9.47 Å². The predicted molar refractivity (Wildman–Crippen MR) is 88.0 cm³/mol. The van der Waals surface area contributed by atoms with E-state index in [1.54, 1.807) is 13.2 Å². The zero-order valence-electron chi connectivity index (χ0n) is 13.0. The SMILES string of the molecule is COCCOCCS(=O)(=O)Nc1cccc(N2CCCC2)c1. The molecule has 1 N–H and O–H groups in total. The summed E-state index contributed by atoms with van der Waals surface area (Å²) in [6.45, 7) is 3.08. The number of hydrogen-bond acceptors (Lipinski definition) is 5. The molecule has 0 unspecified atom stereocenters. The highest BCUT2D eigenvalue weighted by atomic mass is 32.2. The van der Waals surface area contributed by atoms with Crippen LogP contribution in [0, 0.1) is 0 Å². The number of ether oxygens (including phenoxy) is 2. The monoisotopic (exact) mass is 328 g/mol. The molecule has 0 bridgehead atoms.